The summed E-state index contributed by atoms with van der Waals surface area (Å²) in [7, 11) is 0. The Bertz CT molecular complexity index is 491. The lowest BCUT2D eigenvalue weighted by Gasteiger charge is -2.23. The molecule has 0 unspecified atom stereocenters. The molecule has 2 rings (SSSR count). The highest BCUT2D eigenvalue weighted by atomic mass is 32.2. The Hall–Kier alpha value is -1.04. The molecule has 0 bridgehead atoms. The standard InChI is InChI=1S/C20H37N5S/c1-3-5-7-12-16-26-20-24-18(21-15-11-6-4-2)23-19(25-20)22-17-13-9-8-10-14-17/h17H,3-16H2,1-2H3,(H2,21,22,23,24,25). The molecule has 26 heavy (non-hydrogen) atoms. The molecule has 0 atom stereocenters. The highest BCUT2D eigenvalue weighted by Crippen LogP contribution is 2.23. The number of nitrogens with one attached hydrogen (secondary N) is 2. The van der Waals surface area contributed by atoms with Crippen LogP contribution in [-0.2, 0) is 0 Å². The van der Waals surface area contributed by atoms with Crippen LogP contribution in [0.25, 0.3) is 0 Å². The summed E-state index contributed by atoms with van der Waals surface area (Å²) in [5.41, 5.74) is 0. The first-order valence-corrected chi connectivity index (χ1v) is 11.7. The second kappa shape index (κ2) is 13.2. The van der Waals surface area contributed by atoms with E-state index in [2.05, 4.69) is 39.4 Å². The lowest BCUT2D eigenvalue weighted by Crippen LogP contribution is -2.24. The van der Waals surface area contributed by atoms with Crippen LogP contribution in [-0.4, -0.2) is 33.3 Å². The van der Waals surface area contributed by atoms with Crippen LogP contribution in [0, 0.1) is 0 Å². The van der Waals surface area contributed by atoms with E-state index in [0.29, 0.717) is 6.04 Å². The van der Waals surface area contributed by atoms with Crippen molar-refractivity contribution in [3.05, 3.63) is 0 Å². The number of hydrogen-bond acceptors (Lipinski definition) is 6. The minimum Gasteiger partial charge on any atom is -0.354 e. The van der Waals surface area contributed by atoms with E-state index in [4.69, 9.17) is 0 Å². The first kappa shape index (κ1) is 21.3. The first-order valence-electron chi connectivity index (χ1n) is 10.7. The predicted octanol–water partition coefficient (Wildman–Crippen LogP) is 5.89. The maximum absolute atomic E-state index is 4.68. The zero-order chi connectivity index (χ0) is 18.5. The fourth-order valence-corrected chi connectivity index (χ4v) is 4.09. The maximum atomic E-state index is 4.68. The number of anilines is 2. The van der Waals surface area contributed by atoms with Gasteiger partial charge in [0, 0.05) is 18.3 Å². The van der Waals surface area contributed by atoms with Gasteiger partial charge in [0.1, 0.15) is 0 Å². The summed E-state index contributed by atoms with van der Waals surface area (Å²) in [6.07, 6.45) is 15.2. The van der Waals surface area contributed by atoms with Gasteiger partial charge in [0.25, 0.3) is 0 Å². The highest BCUT2D eigenvalue weighted by Gasteiger charge is 2.15. The van der Waals surface area contributed by atoms with Crippen molar-refractivity contribution >= 4 is 23.7 Å². The van der Waals surface area contributed by atoms with E-state index in [-0.39, 0.29) is 0 Å². The number of nitrogens with zero attached hydrogens (tertiary/aromatic N) is 3. The van der Waals surface area contributed by atoms with Gasteiger partial charge in [-0.15, -0.1) is 0 Å². The van der Waals surface area contributed by atoms with Gasteiger partial charge < -0.3 is 10.6 Å². The summed E-state index contributed by atoms with van der Waals surface area (Å²) < 4.78 is 0. The summed E-state index contributed by atoms with van der Waals surface area (Å²) in [5.74, 6) is 2.56. The van der Waals surface area contributed by atoms with Crippen molar-refractivity contribution in [1.29, 1.82) is 0 Å². The molecule has 0 aliphatic heterocycles. The van der Waals surface area contributed by atoms with Gasteiger partial charge in [-0.1, -0.05) is 77.0 Å². The zero-order valence-corrected chi connectivity index (χ0v) is 17.5. The van der Waals surface area contributed by atoms with E-state index in [1.54, 1.807) is 11.8 Å². The molecule has 1 heterocycles. The van der Waals surface area contributed by atoms with E-state index >= 15 is 0 Å². The average Bonchev–Trinajstić information content (AvgIpc) is 2.66. The van der Waals surface area contributed by atoms with Gasteiger partial charge >= 0.3 is 0 Å². The number of hydrogen-bond donors (Lipinski definition) is 2. The van der Waals surface area contributed by atoms with Crippen LogP contribution in [0.2, 0.25) is 0 Å². The normalized spacial score (nSPS) is 15.2. The van der Waals surface area contributed by atoms with Gasteiger partial charge in [-0.3, -0.25) is 0 Å². The third-order valence-electron chi connectivity index (χ3n) is 4.85. The molecule has 0 amide bonds. The third-order valence-corrected chi connectivity index (χ3v) is 5.78. The maximum Gasteiger partial charge on any atom is 0.228 e. The number of aromatic nitrogens is 3. The topological polar surface area (TPSA) is 62.7 Å². The van der Waals surface area contributed by atoms with Gasteiger partial charge in [-0.05, 0) is 25.7 Å². The van der Waals surface area contributed by atoms with Gasteiger partial charge in [0.05, 0.1) is 0 Å². The van der Waals surface area contributed by atoms with E-state index in [9.17, 15) is 0 Å². The van der Waals surface area contributed by atoms with Crippen molar-refractivity contribution in [2.75, 3.05) is 22.9 Å². The molecule has 1 aliphatic rings. The largest absolute Gasteiger partial charge is 0.354 e. The molecule has 0 radical (unpaired) electrons. The van der Waals surface area contributed by atoms with Gasteiger partial charge in [0.2, 0.25) is 11.9 Å². The van der Waals surface area contributed by atoms with E-state index in [0.717, 1.165) is 35.8 Å². The monoisotopic (exact) mass is 379 g/mol. The average molecular weight is 380 g/mol. The number of thioether (sulfide) groups is 1. The second-order valence-electron chi connectivity index (χ2n) is 7.29. The molecule has 0 aromatic carbocycles. The Kier molecular flexibility index (Phi) is 10.8. The molecule has 0 spiro atoms. The molecule has 1 fully saturated rings. The Balaban J connectivity index is 1.93. The van der Waals surface area contributed by atoms with Crippen LogP contribution in [0.3, 0.4) is 0 Å². The summed E-state index contributed by atoms with van der Waals surface area (Å²) in [6.45, 7) is 5.41. The highest BCUT2D eigenvalue weighted by molar-refractivity contribution is 7.99. The fraction of sp³-hybridized carbons (Fsp3) is 0.850. The van der Waals surface area contributed by atoms with Crippen LogP contribution in [0.15, 0.2) is 5.16 Å². The number of unbranched alkanes of at least 4 members (excludes halogenated alkanes) is 5. The number of rotatable bonds is 13. The molecular formula is C20H37N5S. The van der Waals surface area contributed by atoms with Gasteiger partial charge in [-0.2, -0.15) is 15.0 Å². The minimum atomic E-state index is 0.515. The summed E-state index contributed by atoms with van der Waals surface area (Å²) >= 11 is 1.76. The third kappa shape index (κ3) is 8.56. The molecule has 2 N–H and O–H groups in total. The summed E-state index contributed by atoms with van der Waals surface area (Å²) in [6, 6.07) is 0.515. The zero-order valence-electron chi connectivity index (χ0n) is 16.7. The molecule has 148 valence electrons. The van der Waals surface area contributed by atoms with Crippen LogP contribution >= 0.6 is 11.8 Å². The van der Waals surface area contributed by atoms with Crippen molar-refractivity contribution in [1.82, 2.24) is 15.0 Å². The molecule has 1 saturated carbocycles. The smallest absolute Gasteiger partial charge is 0.228 e. The minimum absolute atomic E-state index is 0.515. The van der Waals surface area contributed by atoms with Gasteiger partial charge in [-0.25, -0.2) is 0 Å². The molecule has 6 heteroatoms. The molecule has 1 aliphatic carbocycles. The molecular weight excluding hydrogens is 342 g/mol. The molecule has 1 aromatic rings. The lowest BCUT2D eigenvalue weighted by atomic mass is 9.96. The van der Waals surface area contributed by atoms with Crippen molar-refractivity contribution < 1.29 is 0 Å². The Labute approximate surface area is 164 Å². The molecule has 1 aromatic heterocycles. The first-order chi connectivity index (χ1) is 12.8. The predicted molar refractivity (Wildman–Crippen MR) is 113 cm³/mol. The second-order valence-corrected chi connectivity index (χ2v) is 8.35. The fourth-order valence-electron chi connectivity index (χ4n) is 3.26. The van der Waals surface area contributed by atoms with Crippen molar-refractivity contribution in [3.63, 3.8) is 0 Å². The SMILES string of the molecule is CCCCCCSc1nc(NCCCCC)nc(NC2CCCCC2)n1. The lowest BCUT2D eigenvalue weighted by molar-refractivity contribution is 0.460. The van der Waals surface area contributed by atoms with Crippen molar-refractivity contribution in [2.45, 2.75) is 102 Å². The summed E-state index contributed by atoms with van der Waals surface area (Å²) in [5, 5.41) is 7.81. The Morgan fingerprint density at radius 1 is 0.846 bits per heavy atom. The quantitative estimate of drug-likeness (QED) is 0.329. The van der Waals surface area contributed by atoms with Gasteiger partial charge in [0.15, 0.2) is 5.16 Å². The van der Waals surface area contributed by atoms with Crippen LogP contribution in [0.1, 0.15) is 90.9 Å². The van der Waals surface area contributed by atoms with Crippen LogP contribution in [0.4, 0.5) is 11.9 Å². The Morgan fingerprint density at radius 3 is 2.35 bits per heavy atom. The molecule has 5 nitrogen and oxygen atoms in total. The van der Waals surface area contributed by atoms with Crippen LogP contribution in [0.5, 0.6) is 0 Å². The van der Waals surface area contributed by atoms with Crippen molar-refractivity contribution in [2.24, 2.45) is 0 Å². The summed E-state index contributed by atoms with van der Waals surface area (Å²) in [4.78, 5) is 13.9. The van der Waals surface area contributed by atoms with Crippen molar-refractivity contribution in [3.8, 4) is 0 Å². The van der Waals surface area contributed by atoms with E-state index in [1.165, 1.54) is 70.6 Å². The molecule has 0 saturated heterocycles. The Morgan fingerprint density at radius 2 is 1.58 bits per heavy atom. The van der Waals surface area contributed by atoms with Crippen LogP contribution < -0.4 is 10.6 Å². The van der Waals surface area contributed by atoms with E-state index < -0.39 is 0 Å². The van der Waals surface area contributed by atoms with E-state index in [1.807, 2.05) is 0 Å².